The van der Waals surface area contributed by atoms with Crippen molar-refractivity contribution < 1.29 is 19.1 Å². The number of ether oxygens (including phenoxy) is 2. The summed E-state index contributed by atoms with van der Waals surface area (Å²) in [6, 6.07) is 14.3. The molecule has 0 spiro atoms. The molecule has 43 heavy (non-hydrogen) atoms. The van der Waals surface area contributed by atoms with Gasteiger partial charge in [0, 0.05) is 46.3 Å². The number of nitrogens with zero attached hydrogens (tertiary/aromatic N) is 7. The molecule has 1 atom stereocenters. The third kappa shape index (κ3) is 4.47. The topological polar surface area (TPSA) is 124 Å². The van der Waals surface area contributed by atoms with E-state index in [1.54, 1.807) is 25.2 Å². The van der Waals surface area contributed by atoms with Crippen LogP contribution in [0, 0.1) is 0 Å². The summed E-state index contributed by atoms with van der Waals surface area (Å²) in [6.07, 6.45) is 0.0952. The molecule has 0 saturated carbocycles. The van der Waals surface area contributed by atoms with E-state index in [0.717, 1.165) is 10.1 Å². The number of imidazole rings is 1. The van der Waals surface area contributed by atoms with Gasteiger partial charge in [0.05, 0.1) is 24.7 Å². The highest BCUT2D eigenvalue weighted by molar-refractivity contribution is 6.22. The Morgan fingerprint density at radius 3 is 2.33 bits per heavy atom. The number of carbonyl (C=O) groups excluding carboxylic acids is 2. The first kappa shape index (κ1) is 27.0. The van der Waals surface area contributed by atoms with E-state index in [1.165, 1.54) is 16.5 Å². The molecule has 2 aromatic heterocycles. The molecule has 0 bridgehead atoms. The Morgan fingerprint density at radius 1 is 0.860 bits per heavy atom. The average molecular weight is 586 g/mol. The number of benzene rings is 2. The minimum atomic E-state index is -0.570. The number of hydrogen-bond acceptors (Lipinski definition) is 9. The molecule has 7 rings (SSSR count). The van der Waals surface area contributed by atoms with Crippen LogP contribution in [0.5, 0.6) is 11.5 Å². The van der Waals surface area contributed by atoms with Gasteiger partial charge in [0.2, 0.25) is 11.9 Å². The lowest BCUT2D eigenvalue weighted by Crippen LogP contribution is -2.53. The fourth-order valence-electron chi connectivity index (χ4n) is 6.17. The fraction of sp³-hybridized carbons (Fsp3) is 0.367. The standard InChI is InChI=1S/C30H31N7O6/c1-32-26-25(28(40)33(2)30(32)41)36(18-19-6-4-3-5-7-19)29(31-26)35-12-10-34(11-13-35)21-17-24(38)37(27(21)39)20-8-9-22-23(16-20)43-15-14-42-22/h3-9,16,21H,10-15,17-18H2,1-2H3. The Balaban J connectivity index is 1.14. The molecule has 2 aromatic carbocycles. The molecule has 3 aliphatic rings. The molecule has 5 heterocycles. The smallest absolute Gasteiger partial charge is 0.332 e. The van der Waals surface area contributed by atoms with Crippen LogP contribution in [0.2, 0.25) is 0 Å². The summed E-state index contributed by atoms with van der Waals surface area (Å²) in [6.45, 7) is 3.35. The molecule has 0 N–H and O–H groups in total. The maximum Gasteiger partial charge on any atom is 0.332 e. The highest BCUT2D eigenvalue weighted by Gasteiger charge is 2.44. The number of carbonyl (C=O) groups is 2. The van der Waals surface area contributed by atoms with Crippen molar-refractivity contribution >= 4 is 34.6 Å². The molecule has 222 valence electrons. The second-order valence-electron chi connectivity index (χ2n) is 11.0. The van der Waals surface area contributed by atoms with E-state index in [-0.39, 0.29) is 18.2 Å². The highest BCUT2D eigenvalue weighted by Crippen LogP contribution is 2.36. The monoisotopic (exact) mass is 585 g/mol. The Kier molecular flexibility index (Phi) is 6.53. The van der Waals surface area contributed by atoms with E-state index in [4.69, 9.17) is 14.5 Å². The van der Waals surface area contributed by atoms with Crippen LogP contribution in [0.1, 0.15) is 12.0 Å². The molecule has 2 fully saturated rings. The maximum absolute atomic E-state index is 13.5. The lowest BCUT2D eigenvalue weighted by atomic mass is 10.1. The number of piperazine rings is 1. The Labute approximate surface area is 246 Å². The predicted octanol–water partition coefficient (Wildman–Crippen LogP) is 0.707. The molecule has 4 aromatic rings. The van der Waals surface area contributed by atoms with Gasteiger partial charge in [0.1, 0.15) is 13.2 Å². The van der Waals surface area contributed by atoms with Crippen molar-refractivity contribution in [2.45, 2.75) is 19.0 Å². The van der Waals surface area contributed by atoms with Gasteiger partial charge in [-0.15, -0.1) is 0 Å². The third-order valence-electron chi connectivity index (χ3n) is 8.46. The van der Waals surface area contributed by atoms with Crippen molar-refractivity contribution in [2.24, 2.45) is 14.1 Å². The predicted molar refractivity (Wildman–Crippen MR) is 158 cm³/mol. The second-order valence-corrected chi connectivity index (χ2v) is 11.0. The van der Waals surface area contributed by atoms with Gasteiger partial charge in [0.25, 0.3) is 11.5 Å². The number of fused-ring (bicyclic) bond motifs is 2. The number of rotatable bonds is 5. The van der Waals surface area contributed by atoms with E-state index in [0.29, 0.717) is 80.2 Å². The van der Waals surface area contributed by atoms with Crippen molar-refractivity contribution in [2.75, 3.05) is 49.2 Å². The average Bonchev–Trinajstić information content (AvgIpc) is 3.55. The summed E-state index contributed by atoms with van der Waals surface area (Å²) >= 11 is 0. The molecule has 3 aliphatic heterocycles. The van der Waals surface area contributed by atoms with E-state index < -0.39 is 17.3 Å². The van der Waals surface area contributed by atoms with Crippen LogP contribution in [0.15, 0.2) is 58.1 Å². The summed E-state index contributed by atoms with van der Waals surface area (Å²) in [5, 5.41) is 0. The minimum Gasteiger partial charge on any atom is -0.486 e. The summed E-state index contributed by atoms with van der Waals surface area (Å²) in [4.78, 5) is 62.7. The zero-order valence-electron chi connectivity index (χ0n) is 23.9. The second kappa shape index (κ2) is 10.4. The number of aromatic nitrogens is 4. The molecule has 13 nitrogen and oxygen atoms in total. The van der Waals surface area contributed by atoms with E-state index in [9.17, 15) is 19.2 Å². The van der Waals surface area contributed by atoms with E-state index in [1.807, 2.05) is 39.8 Å². The Bertz CT molecular complexity index is 1870. The molecule has 2 saturated heterocycles. The van der Waals surface area contributed by atoms with Gasteiger partial charge in [-0.2, -0.15) is 4.98 Å². The van der Waals surface area contributed by atoms with Crippen LogP contribution >= 0.6 is 0 Å². The number of anilines is 2. The first-order chi connectivity index (χ1) is 20.8. The summed E-state index contributed by atoms with van der Waals surface area (Å²) in [5.74, 6) is 1.19. The van der Waals surface area contributed by atoms with Gasteiger partial charge in [-0.05, 0) is 17.7 Å². The first-order valence-electron chi connectivity index (χ1n) is 14.3. The van der Waals surface area contributed by atoms with Crippen LogP contribution in [0.3, 0.4) is 0 Å². The number of aryl methyl sites for hydroxylation is 1. The highest BCUT2D eigenvalue weighted by atomic mass is 16.6. The van der Waals surface area contributed by atoms with Crippen LogP contribution < -0.4 is 30.5 Å². The largest absolute Gasteiger partial charge is 0.486 e. The number of imide groups is 1. The Hall–Kier alpha value is -4.91. The van der Waals surface area contributed by atoms with E-state index in [2.05, 4.69) is 4.90 Å². The van der Waals surface area contributed by atoms with Crippen LogP contribution in [-0.2, 0) is 30.2 Å². The quantitative estimate of drug-likeness (QED) is 0.312. The van der Waals surface area contributed by atoms with Gasteiger partial charge in [-0.3, -0.25) is 33.0 Å². The van der Waals surface area contributed by atoms with Gasteiger partial charge in [0.15, 0.2) is 22.7 Å². The molecular formula is C30H31N7O6. The number of amides is 2. The molecule has 0 radical (unpaired) electrons. The zero-order chi connectivity index (χ0) is 29.8. The van der Waals surface area contributed by atoms with Gasteiger partial charge in [-0.1, -0.05) is 30.3 Å². The number of hydrogen-bond donors (Lipinski definition) is 0. The lowest BCUT2D eigenvalue weighted by Gasteiger charge is -2.37. The summed E-state index contributed by atoms with van der Waals surface area (Å²) in [7, 11) is 3.08. The molecule has 1 unspecified atom stereocenters. The van der Waals surface area contributed by atoms with Crippen molar-refractivity contribution in [3.8, 4) is 11.5 Å². The Morgan fingerprint density at radius 2 is 1.58 bits per heavy atom. The summed E-state index contributed by atoms with van der Waals surface area (Å²) < 4.78 is 15.6. The van der Waals surface area contributed by atoms with Crippen LogP contribution in [0.4, 0.5) is 11.6 Å². The molecule has 13 heteroatoms. The minimum absolute atomic E-state index is 0.0952. The molecular weight excluding hydrogens is 554 g/mol. The molecule has 0 aliphatic carbocycles. The van der Waals surface area contributed by atoms with Gasteiger partial charge in [-0.25, -0.2) is 9.69 Å². The first-order valence-corrected chi connectivity index (χ1v) is 14.3. The SMILES string of the molecule is Cn1c(=O)c2c(nc(N3CCN(C4CC(=O)N(c5ccc6c(c5)OCCO6)C4=O)CC3)n2Cc2ccccc2)n(C)c1=O. The summed E-state index contributed by atoms with van der Waals surface area (Å²) in [5.41, 5.74) is 1.31. The van der Waals surface area contributed by atoms with Crippen molar-refractivity contribution in [3.63, 3.8) is 0 Å². The normalized spacial score (nSPS) is 19.1. The van der Waals surface area contributed by atoms with Crippen LogP contribution in [0.25, 0.3) is 11.2 Å². The zero-order valence-corrected chi connectivity index (χ0v) is 23.9. The third-order valence-corrected chi connectivity index (χ3v) is 8.46. The van der Waals surface area contributed by atoms with Crippen LogP contribution in [-0.4, -0.2) is 80.8 Å². The molecule has 2 amide bonds. The lowest BCUT2D eigenvalue weighted by molar-refractivity contribution is -0.123. The van der Waals surface area contributed by atoms with Crippen molar-refractivity contribution in [1.82, 2.24) is 23.6 Å². The van der Waals surface area contributed by atoms with Crippen molar-refractivity contribution in [3.05, 3.63) is 74.9 Å². The van der Waals surface area contributed by atoms with Gasteiger partial charge < -0.3 is 14.4 Å². The fourth-order valence-corrected chi connectivity index (χ4v) is 6.17. The maximum atomic E-state index is 13.5. The van der Waals surface area contributed by atoms with E-state index >= 15 is 0 Å². The van der Waals surface area contributed by atoms with Crippen molar-refractivity contribution in [1.29, 1.82) is 0 Å². The van der Waals surface area contributed by atoms with Gasteiger partial charge >= 0.3 is 5.69 Å².